The lowest BCUT2D eigenvalue weighted by Crippen LogP contribution is -2.30. The van der Waals surface area contributed by atoms with E-state index in [1.807, 2.05) is 50.2 Å². The van der Waals surface area contributed by atoms with E-state index in [0.717, 1.165) is 42.9 Å². The third-order valence-electron chi connectivity index (χ3n) is 5.98. The first kappa shape index (κ1) is 21.0. The predicted octanol–water partition coefficient (Wildman–Crippen LogP) is 4.13. The second-order valence-corrected chi connectivity index (χ2v) is 8.51. The highest BCUT2D eigenvalue weighted by atomic mass is 16.3. The van der Waals surface area contributed by atoms with Crippen molar-refractivity contribution in [3.05, 3.63) is 87.6 Å². The van der Waals surface area contributed by atoms with Crippen LogP contribution in [0.25, 0.3) is 16.6 Å². The quantitative estimate of drug-likeness (QED) is 0.503. The second-order valence-electron chi connectivity index (χ2n) is 8.51. The SMILES string of the molecule is Cc1cccc(-n2c(N3CCCC3)nc3cc(C(=O)NCc4ccc(C)o4)ccc3c2=O)c1. The maximum absolute atomic E-state index is 13.6. The topological polar surface area (TPSA) is 80.4 Å². The number of anilines is 1. The van der Waals surface area contributed by atoms with Gasteiger partial charge in [-0.1, -0.05) is 12.1 Å². The van der Waals surface area contributed by atoms with E-state index in [0.29, 0.717) is 34.7 Å². The fraction of sp³-hybridized carbons (Fsp3) is 0.269. The lowest BCUT2D eigenvalue weighted by molar-refractivity contribution is 0.0948. The van der Waals surface area contributed by atoms with Crippen molar-refractivity contribution in [3.8, 4) is 5.69 Å². The van der Waals surface area contributed by atoms with Crippen molar-refractivity contribution < 1.29 is 9.21 Å². The van der Waals surface area contributed by atoms with Gasteiger partial charge in [0.1, 0.15) is 11.5 Å². The summed E-state index contributed by atoms with van der Waals surface area (Å²) >= 11 is 0. The lowest BCUT2D eigenvalue weighted by Gasteiger charge is -2.22. The Labute approximate surface area is 191 Å². The highest BCUT2D eigenvalue weighted by molar-refractivity contribution is 5.97. The van der Waals surface area contributed by atoms with Crippen LogP contribution in [0.4, 0.5) is 5.95 Å². The number of aryl methyl sites for hydroxylation is 2. The molecule has 7 nitrogen and oxygen atoms in total. The van der Waals surface area contributed by atoms with Crippen LogP contribution in [0.2, 0.25) is 0 Å². The summed E-state index contributed by atoms with van der Waals surface area (Å²) in [6, 6.07) is 16.6. The van der Waals surface area contributed by atoms with Crippen molar-refractivity contribution in [2.45, 2.75) is 33.2 Å². The van der Waals surface area contributed by atoms with Gasteiger partial charge in [-0.3, -0.25) is 9.59 Å². The summed E-state index contributed by atoms with van der Waals surface area (Å²) in [5.41, 5.74) is 2.72. The minimum Gasteiger partial charge on any atom is -0.465 e. The molecule has 4 aromatic rings. The zero-order chi connectivity index (χ0) is 22.9. The molecule has 1 aliphatic rings. The first-order chi connectivity index (χ1) is 16.0. The van der Waals surface area contributed by atoms with Crippen LogP contribution in [0, 0.1) is 13.8 Å². The number of nitrogens with zero attached hydrogens (tertiary/aromatic N) is 3. The number of carbonyl (C=O) groups is 1. The molecule has 0 saturated carbocycles. The fourth-order valence-electron chi connectivity index (χ4n) is 4.29. The number of aromatic nitrogens is 2. The van der Waals surface area contributed by atoms with Gasteiger partial charge in [0, 0.05) is 18.7 Å². The van der Waals surface area contributed by atoms with E-state index < -0.39 is 0 Å². The molecule has 0 atom stereocenters. The number of fused-ring (bicyclic) bond motifs is 1. The Bertz CT molecular complexity index is 1400. The molecule has 1 amide bonds. The van der Waals surface area contributed by atoms with Gasteiger partial charge in [-0.25, -0.2) is 9.55 Å². The molecule has 3 heterocycles. The molecule has 0 radical (unpaired) electrons. The second kappa shape index (κ2) is 8.58. The Morgan fingerprint density at radius 3 is 2.61 bits per heavy atom. The van der Waals surface area contributed by atoms with Gasteiger partial charge in [0.2, 0.25) is 5.95 Å². The summed E-state index contributed by atoms with van der Waals surface area (Å²) in [6.07, 6.45) is 2.13. The third-order valence-corrected chi connectivity index (χ3v) is 5.98. The largest absolute Gasteiger partial charge is 0.465 e. The summed E-state index contributed by atoms with van der Waals surface area (Å²) in [4.78, 5) is 33.4. The number of carbonyl (C=O) groups excluding carboxylic acids is 1. The predicted molar refractivity (Wildman–Crippen MR) is 128 cm³/mol. The van der Waals surface area contributed by atoms with Crippen LogP contribution >= 0.6 is 0 Å². The Morgan fingerprint density at radius 2 is 1.88 bits per heavy atom. The van der Waals surface area contributed by atoms with Gasteiger partial charge in [0.25, 0.3) is 11.5 Å². The average Bonchev–Trinajstić information content (AvgIpc) is 3.49. The smallest absolute Gasteiger partial charge is 0.267 e. The zero-order valence-electron chi connectivity index (χ0n) is 18.8. The Hall–Kier alpha value is -3.87. The minimum atomic E-state index is -0.238. The molecule has 1 aliphatic heterocycles. The standard InChI is InChI=1S/C26H26N4O3/c1-17-6-5-7-20(14-17)30-25(32)22-11-9-19(24(31)27-16-21-10-8-18(2)33-21)15-23(22)28-26(30)29-12-3-4-13-29/h5-11,14-15H,3-4,12-13,16H2,1-2H3,(H,27,31). The highest BCUT2D eigenvalue weighted by Gasteiger charge is 2.22. The highest BCUT2D eigenvalue weighted by Crippen LogP contribution is 2.24. The van der Waals surface area contributed by atoms with Gasteiger partial charge in [-0.15, -0.1) is 0 Å². The van der Waals surface area contributed by atoms with Crippen molar-refractivity contribution >= 4 is 22.8 Å². The first-order valence-electron chi connectivity index (χ1n) is 11.2. The van der Waals surface area contributed by atoms with Crippen molar-refractivity contribution in [3.63, 3.8) is 0 Å². The van der Waals surface area contributed by atoms with Crippen LogP contribution in [0.1, 0.15) is 40.3 Å². The monoisotopic (exact) mass is 442 g/mol. The van der Waals surface area contributed by atoms with E-state index in [9.17, 15) is 9.59 Å². The summed E-state index contributed by atoms with van der Waals surface area (Å²) < 4.78 is 7.21. The molecule has 7 heteroatoms. The van der Waals surface area contributed by atoms with Gasteiger partial charge in [0.05, 0.1) is 23.1 Å². The number of hydrogen-bond donors (Lipinski definition) is 1. The molecule has 5 rings (SSSR count). The third kappa shape index (κ3) is 4.14. The van der Waals surface area contributed by atoms with Crippen molar-refractivity contribution in [2.75, 3.05) is 18.0 Å². The van der Waals surface area contributed by atoms with Crippen molar-refractivity contribution in [1.82, 2.24) is 14.9 Å². The van der Waals surface area contributed by atoms with Crippen molar-refractivity contribution in [1.29, 1.82) is 0 Å². The molecule has 1 fully saturated rings. The lowest BCUT2D eigenvalue weighted by atomic mass is 10.1. The van der Waals surface area contributed by atoms with Gasteiger partial charge in [-0.05, 0) is 74.7 Å². The van der Waals surface area contributed by atoms with Crippen LogP contribution in [-0.4, -0.2) is 28.5 Å². The normalized spacial score (nSPS) is 13.6. The number of rotatable bonds is 5. The summed E-state index contributed by atoms with van der Waals surface area (Å²) in [5.74, 6) is 1.88. The maximum Gasteiger partial charge on any atom is 0.267 e. The maximum atomic E-state index is 13.6. The number of hydrogen-bond acceptors (Lipinski definition) is 5. The van der Waals surface area contributed by atoms with Crippen LogP contribution in [-0.2, 0) is 6.54 Å². The van der Waals surface area contributed by atoms with Crippen LogP contribution in [0.5, 0.6) is 0 Å². The molecular weight excluding hydrogens is 416 g/mol. The molecule has 2 aromatic carbocycles. The van der Waals surface area contributed by atoms with Crippen LogP contribution in [0.3, 0.4) is 0 Å². The van der Waals surface area contributed by atoms with Gasteiger partial charge >= 0.3 is 0 Å². The molecular formula is C26H26N4O3. The van der Waals surface area contributed by atoms with E-state index in [1.54, 1.807) is 22.8 Å². The number of benzene rings is 2. The average molecular weight is 443 g/mol. The molecule has 168 valence electrons. The first-order valence-corrected chi connectivity index (χ1v) is 11.2. The number of furan rings is 1. The van der Waals surface area contributed by atoms with Crippen molar-refractivity contribution in [2.24, 2.45) is 0 Å². The zero-order valence-corrected chi connectivity index (χ0v) is 18.8. The molecule has 2 aromatic heterocycles. The van der Waals surface area contributed by atoms with E-state index in [1.165, 1.54) is 0 Å². The summed E-state index contributed by atoms with van der Waals surface area (Å²) in [7, 11) is 0. The molecule has 0 spiro atoms. The summed E-state index contributed by atoms with van der Waals surface area (Å²) in [6.45, 7) is 5.88. The Balaban J connectivity index is 1.55. The Morgan fingerprint density at radius 1 is 1.06 bits per heavy atom. The van der Waals surface area contributed by atoms with E-state index in [2.05, 4.69) is 10.2 Å². The van der Waals surface area contributed by atoms with Gasteiger partial charge < -0.3 is 14.6 Å². The minimum absolute atomic E-state index is 0.134. The van der Waals surface area contributed by atoms with Gasteiger partial charge in [0.15, 0.2) is 0 Å². The Kier molecular flexibility index (Phi) is 5.46. The molecule has 0 unspecified atom stereocenters. The molecule has 33 heavy (non-hydrogen) atoms. The molecule has 1 saturated heterocycles. The fourth-order valence-corrected chi connectivity index (χ4v) is 4.29. The van der Waals surface area contributed by atoms with E-state index in [4.69, 9.17) is 9.40 Å². The molecule has 0 aliphatic carbocycles. The summed E-state index contributed by atoms with van der Waals surface area (Å²) in [5, 5.41) is 3.35. The van der Waals surface area contributed by atoms with E-state index in [-0.39, 0.29) is 11.5 Å². The van der Waals surface area contributed by atoms with Gasteiger partial charge in [-0.2, -0.15) is 0 Å². The molecule has 0 bridgehead atoms. The van der Waals surface area contributed by atoms with E-state index >= 15 is 0 Å². The number of nitrogens with one attached hydrogen (secondary N) is 1. The number of amides is 1. The van der Waals surface area contributed by atoms with Crippen LogP contribution < -0.4 is 15.8 Å². The van der Waals surface area contributed by atoms with Crippen LogP contribution in [0.15, 0.2) is 63.8 Å². The molecule has 1 N–H and O–H groups in total.